The Bertz CT molecular complexity index is 2560. The Morgan fingerprint density at radius 2 is 0.822 bits per heavy atom. The lowest BCUT2D eigenvalue weighted by Gasteiger charge is -2.12. The van der Waals surface area contributed by atoms with Gasteiger partial charge in [-0.25, -0.2) is 4.98 Å². The van der Waals surface area contributed by atoms with Crippen molar-refractivity contribution in [2.75, 3.05) is 0 Å². The average Bonchev–Trinajstić information content (AvgIpc) is 3.11. The summed E-state index contributed by atoms with van der Waals surface area (Å²) < 4.78 is 0. The molecule has 0 aliphatic rings. The van der Waals surface area contributed by atoms with E-state index in [-0.39, 0.29) is 5.75 Å². The molecule has 210 valence electrons. The Balaban J connectivity index is 1.13. The van der Waals surface area contributed by atoms with Crippen LogP contribution in [0.2, 0.25) is 0 Å². The van der Waals surface area contributed by atoms with Crippen LogP contribution in [0.1, 0.15) is 0 Å². The van der Waals surface area contributed by atoms with E-state index in [1.807, 2.05) is 24.3 Å². The molecular weight excluding hydrogens is 546 g/mol. The van der Waals surface area contributed by atoms with Gasteiger partial charge in [-0.05, 0) is 90.3 Å². The molecule has 0 radical (unpaired) electrons. The monoisotopic (exact) mass is 573 g/mol. The average molecular weight is 574 g/mol. The van der Waals surface area contributed by atoms with Gasteiger partial charge in [0.15, 0.2) is 0 Å². The van der Waals surface area contributed by atoms with Gasteiger partial charge in [0, 0.05) is 16.3 Å². The molecule has 0 fully saturated rings. The van der Waals surface area contributed by atoms with Crippen molar-refractivity contribution in [1.82, 2.24) is 4.98 Å². The van der Waals surface area contributed by atoms with Crippen LogP contribution < -0.4 is 0 Å². The molecule has 9 rings (SSSR count). The van der Waals surface area contributed by atoms with Crippen molar-refractivity contribution < 1.29 is 5.11 Å². The van der Waals surface area contributed by atoms with Crippen molar-refractivity contribution in [2.24, 2.45) is 0 Å². The van der Waals surface area contributed by atoms with Gasteiger partial charge in [0.25, 0.3) is 0 Å². The van der Waals surface area contributed by atoms with Gasteiger partial charge in [0.1, 0.15) is 5.75 Å². The van der Waals surface area contributed by atoms with Crippen LogP contribution in [0.3, 0.4) is 0 Å². The highest BCUT2D eigenvalue weighted by Crippen LogP contribution is 2.38. The first-order chi connectivity index (χ1) is 22.2. The Kier molecular flexibility index (Phi) is 5.69. The summed E-state index contributed by atoms with van der Waals surface area (Å²) in [6, 6.07) is 55.4. The van der Waals surface area contributed by atoms with Gasteiger partial charge in [-0.15, -0.1) is 0 Å². The van der Waals surface area contributed by atoms with Gasteiger partial charge in [0.2, 0.25) is 0 Å². The van der Waals surface area contributed by atoms with Crippen LogP contribution in [0.4, 0.5) is 0 Å². The topological polar surface area (TPSA) is 33.1 Å². The van der Waals surface area contributed by atoms with Crippen LogP contribution >= 0.6 is 0 Å². The van der Waals surface area contributed by atoms with Gasteiger partial charge < -0.3 is 5.11 Å². The Morgan fingerprint density at radius 1 is 0.356 bits per heavy atom. The van der Waals surface area contributed by atoms with Crippen LogP contribution in [-0.2, 0) is 0 Å². The fourth-order valence-corrected chi connectivity index (χ4v) is 6.87. The van der Waals surface area contributed by atoms with E-state index in [0.29, 0.717) is 0 Å². The Morgan fingerprint density at radius 3 is 1.49 bits per heavy atom. The highest BCUT2D eigenvalue weighted by atomic mass is 16.3. The molecule has 0 amide bonds. The van der Waals surface area contributed by atoms with Crippen molar-refractivity contribution in [3.05, 3.63) is 158 Å². The van der Waals surface area contributed by atoms with Gasteiger partial charge in [-0.2, -0.15) is 0 Å². The van der Waals surface area contributed by atoms with Gasteiger partial charge in [0.05, 0.1) is 11.2 Å². The molecule has 0 saturated heterocycles. The van der Waals surface area contributed by atoms with E-state index in [2.05, 4.69) is 127 Å². The maximum absolute atomic E-state index is 10.4. The number of rotatable bonds is 3. The zero-order chi connectivity index (χ0) is 29.9. The number of nitrogens with zero attached hydrogens (tertiary/aromatic N) is 1. The summed E-state index contributed by atoms with van der Waals surface area (Å²) in [6.07, 6.45) is 0. The first kappa shape index (κ1) is 25.5. The van der Waals surface area contributed by atoms with Crippen molar-refractivity contribution >= 4 is 54.0 Å². The van der Waals surface area contributed by atoms with Crippen molar-refractivity contribution in [2.45, 2.75) is 0 Å². The fourth-order valence-electron chi connectivity index (χ4n) is 6.87. The number of para-hydroxylation sites is 1. The molecule has 0 bridgehead atoms. The third kappa shape index (κ3) is 4.15. The number of benzene rings is 8. The Labute approximate surface area is 260 Å². The normalized spacial score (nSPS) is 11.6. The van der Waals surface area contributed by atoms with Crippen LogP contribution in [0.15, 0.2) is 158 Å². The Hall–Kier alpha value is -5.99. The zero-order valence-electron chi connectivity index (χ0n) is 24.4. The van der Waals surface area contributed by atoms with Crippen molar-refractivity contribution in [3.8, 4) is 39.3 Å². The summed E-state index contributed by atoms with van der Waals surface area (Å²) in [5.74, 6) is 0.235. The third-order valence-corrected chi connectivity index (χ3v) is 9.15. The maximum Gasteiger partial charge on any atom is 0.124 e. The van der Waals surface area contributed by atoms with Crippen LogP contribution in [0, 0.1) is 0 Å². The molecule has 2 nitrogen and oxygen atoms in total. The molecule has 0 unspecified atom stereocenters. The largest absolute Gasteiger partial charge is 0.507 e. The minimum atomic E-state index is 0.235. The molecule has 8 aromatic carbocycles. The number of phenolic OH excluding ortho intramolecular Hbond substituents is 1. The number of phenols is 1. The number of pyridine rings is 1. The predicted octanol–water partition coefficient (Wildman–Crippen LogP) is 11.6. The fraction of sp³-hybridized carbons (Fsp3) is 0. The van der Waals surface area contributed by atoms with E-state index in [4.69, 9.17) is 4.98 Å². The molecule has 0 saturated carbocycles. The van der Waals surface area contributed by atoms with Crippen LogP contribution in [-0.4, -0.2) is 10.1 Å². The van der Waals surface area contributed by atoms with E-state index in [1.54, 1.807) is 6.07 Å². The second kappa shape index (κ2) is 10.0. The third-order valence-electron chi connectivity index (χ3n) is 9.15. The molecule has 45 heavy (non-hydrogen) atoms. The number of fused-ring (bicyclic) bond motifs is 9. The molecule has 0 aliphatic heterocycles. The lowest BCUT2D eigenvalue weighted by molar-refractivity contribution is 0.477. The first-order valence-corrected chi connectivity index (χ1v) is 15.3. The van der Waals surface area contributed by atoms with E-state index >= 15 is 0 Å². The molecule has 1 heterocycles. The van der Waals surface area contributed by atoms with Crippen molar-refractivity contribution in [3.63, 3.8) is 0 Å². The molecule has 0 atom stereocenters. The standard InChI is InChI=1S/C43H27NO/c45-42-12-6-5-11-38(42)41-24-22-30-19-17-29-18-20-31(25-39(29)43(30)44-41)27-13-15-28(16-14-27)32-21-23-37-35-9-2-1-7-33(35)34-8-3-4-10-36(34)40(37)26-32/h1-26,45H. The van der Waals surface area contributed by atoms with Gasteiger partial charge in [-0.3, -0.25) is 0 Å². The smallest absolute Gasteiger partial charge is 0.124 e. The van der Waals surface area contributed by atoms with Gasteiger partial charge in [-0.1, -0.05) is 127 Å². The molecule has 9 aromatic rings. The summed E-state index contributed by atoms with van der Waals surface area (Å²) in [4.78, 5) is 5.03. The number of aromatic hydroxyl groups is 1. The molecule has 1 aromatic heterocycles. The summed E-state index contributed by atoms with van der Waals surface area (Å²) >= 11 is 0. The van der Waals surface area contributed by atoms with Gasteiger partial charge >= 0.3 is 0 Å². The molecular formula is C43H27NO. The van der Waals surface area contributed by atoms with Crippen LogP contribution in [0.5, 0.6) is 5.75 Å². The predicted molar refractivity (Wildman–Crippen MR) is 190 cm³/mol. The minimum absolute atomic E-state index is 0.235. The number of aromatic nitrogens is 1. The lowest BCUT2D eigenvalue weighted by Crippen LogP contribution is -1.88. The van der Waals surface area contributed by atoms with E-state index < -0.39 is 0 Å². The summed E-state index contributed by atoms with van der Waals surface area (Å²) in [7, 11) is 0. The molecule has 0 spiro atoms. The quantitative estimate of drug-likeness (QED) is 0.213. The SMILES string of the molecule is Oc1ccccc1-c1ccc2ccc3ccc(-c4ccc(-c5ccc6c7ccccc7c7ccccc7c6c5)cc4)cc3c2n1. The number of hydrogen-bond donors (Lipinski definition) is 1. The van der Waals surface area contributed by atoms with E-state index in [0.717, 1.165) is 44.1 Å². The summed E-state index contributed by atoms with van der Waals surface area (Å²) in [5, 5.41) is 21.5. The lowest BCUT2D eigenvalue weighted by atomic mass is 9.91. The molecule has 0 aliphatic carbocycles. The minimum Gasteiger partial charge on any atom is -0.507 e. The maximum atomic E-state index is 10.4. The molecule has 2 heteroatoms. The first-order valence-electron chi connectivity index (χ1n) is 15.3. The van der Waals surface area contributed by atoms with E-state index in [1.165, 1.54) is 43.4 Å². The number of hydrogen-bond acceptors (Lipinski definition) is 2. The summed E-state index contributed by atoms with van der Waals surface area (Å²) in [6.45, 7) is 0. The second-order valence-electron chi connectivity index (χ2n) is 11.7. The second-order valence-corrected chi connectivity index (χ2v) is 11.7. The summed E-state index contributed by atoms with van der Waals surface area (Å²) in [5.41, 5.74) is 7.14. The highest BCUT2D eigenvalue weighted by molar-refractivity contribution is 6.25. The van der Waals surface area contributed by atoms with Crippen molar-refractivity contribution in [1.29, 1.82) is 0 Å². The molecule has 1 N–H and O–H groups in total. The highest BCUT2D eigenvalue weighted by Gasteiger charge is 2.12. The van der Waals surface area contributed by atoms with E-state index in [9.17, 15) is 5.11 Å². The van der Waals surface area contributed by atoms with Crippen LogP contribution in [0.25, 0.3) is 87.5 Å². The zero-order valence-corrected chi connectivity index (χ0v) is 24.4.